The molecule has 2 heterocycles. The number of nitrogens with zero attached hydrogens (tertiary/aromatic N) is 2. The number of aryl methyl sites for hydroxylation is 1. The standard InChI is InChI=1S/C24H28F3N3O5/c1-12-4-15(8-17(31)20(12)34-16-6-13-5-14(13)7-16)28-21(32)19-18(9-24(25,26)27)35-22(29-19)30-10-23(2,11-30)33-3/h4,8,13-14,16,31H,5-7,9-11H2,1-3H3,(H,28,32)/t13-,14?,16?/m0/s1. The van der Waals surface area contributed by atoms with Gasteiger partial charge in [-0.25, -0.2) is 0 Å². The second-order valence-electron chi connectivity index (χ2n) is 10.1. The summed E-state index contributed by atoms with van der Waals surface area (Å²) in [5.41, 5.74) is -0.0912. The third kappa shape index (κ3) is 4.91. The average molecular weight is 495 g/mol. The molecule has 1 aromatic carbocycles. The molecule has 1 saturated heterocycles. The number of fused-ring (bicyclic) bond motifs is 1. The topological polar surface area (TPSA) is 97.1 Å². The third-order valence-electron chi connectivity index (χ3n) is 7.07. The lowest BCUT2D eigenvalue weighted by atomic mass is 9.97. The van der Waals surface area contributed by atoms with Gasteiger partial charge in [0.05, 0.1) is 19.2 Å². The van der Waals surface area contributed by atoms with E-state index in [1.807, 2.05) is 6.92 Å². The van der Waals surface area contributed by atoms with Crippen LogP contribution < -0.4 is 15.0 Å². The van der Waals surface area contributed by atoms with E-state index in [4.69, 9.17) is 13.9 Å². The van der Waals surface area contributed by atoms with E-state index in [1.54, 1.807) is 25.0 Å². The Hall–Kier alpha value is -2.95. The number of carbonyl (C=O) groups is 1. The van der Waals surface area contributed by atoms with Crippen LogP contribution in [0.25, 0.3) is 0 Å². The van der Waals surface area contributed by atoms with Crippen molar-refractivity contribution < 1.29 is 37.0 Å². The van der Waals surface area contributed by atoms with Gasteiger partial charge in [-0.15, -0.1) is 0 Å². The summed E-state index contributed by atoms with van der Waals surface area (Å²) < 4.78 is 56.1. The highest BCUT2D eigenvalue weighted by molar-refractivity contribution is 6.04. The zero-order valence-electron chi connectivity index (χ0n) is 19.7. The molecule has 35 heavy (non-hydrogen) atoms. The second kappa shape index (κ2) is 8.32. The summed E-state index contributed by atoms with van der Waals surface area (Å²) in [6, 6.07) is 2.85. The molecule has 2 aromatic rings. The lowest BCUT2D eigenvalue weighted by Gasteiger charge is -2.45. The number of alkyl halides is 3. The molecule has 3 fully saturated rings. The van der Waals surface area contributed by atoms with Gasteiger partial charge in [-0.05, 0) is 56.6 Å². The van der Waals surface area contributed by atoms with Crippen LogP contribution in [0.1, 0.15) is 48.0 Å². The van der Waals surface area contributed by atoms with Crippen LogP contribution in [0, 0.1) is 18.8 Å². The molecule has 1 aliphatic heterocycles. The molecule has 190 valence electrons. The Morgan fingerprint density at radius 3 is 2.57 bits per heavy atom. The van der Waals surface area contributed by atoms with Crippen LogP contribution in [0.4, 0.5) is 24.9 Å². The molecule has 5 rings (SSSR count). The van der Waals surface area contributed by atoms with Crippen molar-refractivity contribution in [3.8, 4) is 11.5 Å². The molecule has 2 unspecified atom stereocenters. The number of hydrogen-bond acceptors (Lipinski definition) is 7. The Bertz CT molecular complexity index is 1110. The van der Waals surface area contributed by atoms with Crippen molar-refractivity contribution in [2.45, 2.75) is 57.4 Å². The number of rotatable bonds is 7. The molecule has 1 amide bonds. The first-order valence-corrected chi connectivity index (χ1v) is 11.6. The number of oxazole rings is 1. The smallest absolute Gasteiger partial charge is 0.396 e. The minimum Gasteiger partial charge on any atom is -0.504 e. The number of benzene rings is 1. The van der Waals surface area contributed by atoms with E-state index in [0.29, 0.717) is 24.4 Å². The fourth-order valence-corrected chi connectivity index (χ4v) is 5.07. The Labute approximate surface area is 200 Å². The number of aromatic nitrogens is 1. The molecule has 11 heteroatoms. The van der Waals surface area contributed by atoms with Gasteiger partial charge in [0.25, 0.3) is 11.9 Å². The van der Waals surface area contributed by atoms with Crippen molar-refractivity contribution in [3.63, 3.8) is 0 Å². The summed E-state index contributed by atoms with van der Waals surface area (Å²) >= 11 is 0. The highest BCUT2D eigenvalue weighted by Crippen LogP contribution is 2.53. The summed E-state index contributed by atoms with van der Waals surface area (Å²) in [6.45, 7) is 4.33. The van der Waals surface area contributed by atoms with E-state index in [2.05, 4.69) is 10.3 Å². The van der Waals surface area contributed by atoms with Gasteiger partial charge in [-0.1, -0.05) is 0 Å². The van der Waals surface area contributed by atoms with E-state index in [1.165, 1.54) is 12.5 Å². The highest BCUT2D eigenvalue weighted by Gasteiger charge is 2.47. The van der Waals surface area contributed by atoms with Gasteiger partial charge in [-0.3, -0.25) is 4.79 Å². The summed E-state index contributed by atoms with van der Waals surface area (Å²) in [5, 5.41) is 13.0. The quantitative estimate of drug-likeness (QED) is 0.586. The highest BCUT2D eigenvalue weighted by atomic mass is 19.4. The molecule has 0 radical (unpaired) electrons. The monoisotopic (exact) mass is 495 g/mol. The Morgan fingerprint density at radius 2 is 1.97 bits per heavy atom. The first kappa shape index (κ1) is 23.8. The minimum atomic E-state index is -4.59. The molecular weight excluding hydrogens is 467 g/mol. The number of anilines is 2. The minimum absolute atomic E-state index is 0.0590. The van der Waals surface area contributed by atoms with Crippen LogP contribution in [0.5, 0.6) is 11.5 Å². The Kier molecular flexibility index (Phi) is 5.65. The maximum Gasteiger partial charge on any atom is 0.396 e. The van der Waals surface area contributed by atoms with Crippen molar-refractivity contribution in [1.82, 2.24) is 4.98 Å². The van der Waals surface area contributed by atoms with Crippen LogP contribution in [0.3, 0.4) is 0 Å². The molecule has 8 nitrogen and oxygen atoms in total. The molecule has 2 saturated carbocycles. The van der Waals surface area contributed by atoms with Crippen LogP contribution >= 0.6 is 0 Å². The van der Waals surface area contributed by atoms with Gasteiger partial charge in [0.15, 0.2) is 17.2 Å². The maximum absolute atomic E-state index is 13.1. The van der Waals surface area contributed by atoms with Gasteiger partial charge in [0.1, 0.15) is 17.8 Å². The first-order valence-electron chi connectivity index (χ1n) is 11.6. The Balaban J connectivity index is 1.32. The van der Waals surface area contributed by atoms with Crippen molar-refractivity contribution in [2.75, 3.05) is 30.4 Å². The summed E-state index contributed by atoms with van der Waals surface area (Å²) in [5.74, 6) is 0.221. The van der Waals surface area contributed by atoms with Crippen LogP contribution in [-0.2, 0) is 11.2 Å². The zero-order chi connectivity index (χ0) is 25.1. The average Bonchev–Trinajstić information content (AvgIpc) is 3.14. The van der Waals surface area contributed by atoms with Crippen LogP contribution in [0.2, 0.25) is 0 Å². The second-order valence-corrected chi connectivity index (χ2v) is 10.1. The predicted octanol–water partition coefficient (Wildman–Crippen LogP) is 4.45. The molecule has 0 spiro atoms. The molecular formula is C24H28F3N3O5. The number of amides is 1. The van der Waals surface area contributed by atoms with Gasteiger partial charge in [0.2, 0.25) is 0 Å². The molecule has 3 atom stereocenters. The fourth-order valence-electron chi connectivity index (χ4n) is 5.07. The van der Waals surface area contributed by atoms with Gasteiger partial charge >= 0.3 is 6.18 Å². The van der Waals surface area contributed by atoms with E-state index in [-0.39, 0.29) is 23.6 Å². The van der Waals surface area contributed by atoms with Crippen LogP contribution in [-0.4, -0.2) is 54.1 Å². The number of methoxy groups -OCH3 is 1. The molecule has 0 bridgehead atoms. The molecule has 1 aromatic heterocycles. The van der Waals surface area contributed by atoms with Gasteiger partial charge in [-0.2, -0.15) is 18.2 Å². The zero-order valence-corrected chi connectivity index (χ0v) is 19.7. The summed E-state index contributed by atoms with van der Waals surface area (Å²) in [6.07, 6.45) is -2.77. The number of halogens is 3. The van der Waals surface area contributed by atoms with Crippen molar-refractivity contribution in [2.24, 2.45) is 11.8 Å². The SMILES string of the molecule is COC1(C)CN(c2nc(C(=O)Nc3cc(C)c(OC4CC5C[C@H]5C4)c(O)c3)c(CC(F)(F)F)o2)C1. The summed E-state index contributed by atoms with van der Waals surface area (Å²) in [4.78, 5) is 18.6. The van der Waals surface area contributed by atoms with E-state index in [0.717, 1.165) is 24.7 Å². The number of phenolic OH excluding ortho intramolecular Hbond substituents is 1. The normalized spacial score (nSPS) is 24.6. The Morgan fingerprint density at radius 1 is 1.29 bits per heavy atom. The molecule has 2 N–H and O–H groups in total. The van der Waals surface area contributed by atoms with E-state index >= 15 is 0 Å². The molecule has 3 aliphatic rings. The molecule has 2 aliphatic carbocycles. The number of carbonyl (C=O) groups excluding carboxylic acids is 1. The predicted molar refractivity (Wildman–Crippen MR) is 120 cm³/mol. The van der Waals surface area contributed by atoms with Crippen LogP contribution in [0.15, 0.2) is 16.5 Å². The largest absolute Gasteiger partial charge is 0.504 e. The maximum atomic E-state index is 13.1. The number of aromatic hydroxyl groups is 1. The first-order chi connectivity index (χ1) is 16.4. The van der Waals surface area contributed by atoms with Crippen molar-refractivity contribution >= 4 is 17.6 Å². The van der Waals surface area contributed by atoms with E-state index < -0.39 is 35.6 Å². The number of hydrogen-bond donors (Lipinski definition) is 2. The lowest BCUT2D eigenvalue weighted by Crippen LogP contribution is -2.61. The van der Waals surface area contributed by atoms with Crippen molar-refractivity contribution in [1.29, 1.82) is 0 Å². The number of nitrogens with one attached hydrogen (secondary N) is 1. The van der Waals surface area contributed by atoms with Gasteiger partial charge in [0, 0.05) is 18.9 Å². The van der Waals surface area contributed by atoms with Gasteiger partial charge < -0.3 is 29.2 Å². The number of ether oxygens (including phenoxy) is 2. The number of phenols is 1. The fraction of sp³-hybridized carbons (Fsp3) is 0.583. The summed E-state index contributed by atoms with van der Waals surface area (Å²) in [7, 11) is 1.55. The van der Waals surface area contributed by atoms with Crippen molar-refractivity contribution in [3.05, 3.63) is 29.2 Å². The lowest BCUT2D eigenvalue weighted by molar-refractivity contribution is -0.130. The van der Waals surface area contributed by atoms with E-state index in [9.17, 15) is 23.1 Å². The third-order valence-corrected chi connectivity index (χ3v) is 7.07.